The highest BCUT2D eigenvalue weighted by atomic mass is 16.5. The van der Waals surface area contributed by atoms with E-state index in [0.717, 1.165) is 25.4 Å². The van der Waals surface area contributed by atoms with Crippen LogP contribution in [0.3, 0.4) is 0 Å². The molecule has 3 rings (SSSR count). The number of hydrogen-bond donors (Lipinski definition) is 0. The molecule has 2 atom stereocenters. The summed E-state index contributed by atoms with van der Waals surface area (Å²) in [6.45, 7) is 7.47. The average Bonchev–Trinajstić information content (AvgIpc) is 2.65. The van der Waals surface area contributed by atoms with Gasteiger partial charge in [-0.1, -0.05) is 55.5 Å². The maximum atomic E-state index is 6.03. The molecule has 1 aliphatic heterocycles. The number of hydrogen-bond acceptors (Lipinski definition) is 2. The number of ether oxygens (including phenoxy) is 1. The molecule has 1 heterocycles. The summed E-state index contributed by atoms with van der Waals surface area (Å²) >= 11 is 0. The third-order valence-electron chi connectivity index (χ3n) is 4.11. The van der Waals surface area contributed by atoms with Crippen LogP contribution in [0, 0.1) is 0 Å². The van der Waals surface area contributed by atoms with Crippen molar-refractivity contribution in [2.45, 2.75) is 32.4 Å². The van der Waals surface area contributed by atoms with Crippen molar-refractivity contribution >= 4 is 0 Å². The first-order valence-corrected chi connectivity index (χ1v) is 7.74. The minimum atomic E-state index is 0.233. The van der Waals surface area contributed by atoms with Gasteiger partial charge >= 0.3 is 0 Å². The Morgan fingerprint density at radius 1 is 1.10 bits per heavy atom. The van der Waals surface area contributed by atoms with Gasteiger partial charge in [0.25, 0.3) is 0 Å². The first-order valence-electron chi connectivity index (χ1n) is 7.74. The van der Waals surface area contributed by atoms with Gasteiger partial charge in [-0.2, -0.15) is 0 Å². The first-order chi connectivity index (χ1) is 10.2. The van der Waals surface area contributed by atoms with Crippen molar-refractivity contribution in [3.8, 4) is 5.75 Å². The van der Waals surface area contributed by atoms with Crippen LogP contribution in [0.25, 0.3) is 0 Å². The van der Waals surface area contributed by atoms with Crippen molar-refractivity contribution in [2.75, 3.05) is 13.1 Å². The molecule has 21 heavy (non-hydrogen) atoms. The molecule has 110 valence electrons. The molecule has 0 N–H and O–H groups in total. The van der Waals surface area contributed by atoms with Gasteiger partial charge in [0, 0.05) is 25.2 Å². The normalized spacial score (nSPS) is 20.2. The fraction of sp³-hybridized carbons (Fsp3) is 0.368. The predicted octanol–water partition coefficient (Wildman–Crippen LogP) is 4.07. The van der Waals surface area contributed by atoms with Crippen LogP contribution in [0.2, 0.25) is 0 Å². The Labute approximate surface area is 127 Å². The zero-order chi connectivity index (χ0) is 14.7. The number of benzene rings is 2. The Hall–Kier alpha value is -1.80. The van der Waals surface area contributed by atoms with E-state index in [9.17, 15) is 0 Å². The van der Waals surface area contributed by atoms with Crippen LogP contribution in [0.15, 0.2) is 54.6 Å². The van der Waals surface area contributed by atoms with Crippen LogP contribution >= 0.6 is 0 Å². The summed E-state index contributed by atoms with van der Waals surface area (Å²) in [5, 5.41) is 0. The second kappa shape index (κ2) is 6.31. The van der Waals surface area contributed by atoms with E-state index in [1.54, 1.807) is 0 Å². The highest BCUT2D eigenvalue weighted by Gasteiger charge is 2.21. The van der Waals surface area contributed by atoms with E-state index in [4.69, 9.17) is 4.74 Å². The van der Waals surface area contributed by atoms with Gasteiger partial charge in [-0.25, -0.2) is 0 Å². The Bertz CT molecular complexity index is 581. The van der Waals surface area contributed by atoms with Crippen molar-refractivity contribution in [3.05, 3.63) is 65.7 Å². The molecule has 2 unspecified atom stereocenters. The minimum absolute atomic E-state index is 0.233. The van der Waals surface area contributed by atoms with Gasteiger partial charge in [0.15, 0.2) is 0 Å². The zero-order valence-electron chi connectivity index (χ0n) is 12.8. The first kappa shape index (κ1) is 14.2. The molecule has 0 bridgehead atoms. The predicted molar refractivity (Wildman–Crippen MR) is 86.7 cm³/mol. The molecule has 1 aliphatic rings. The maximum Gasteiger partial charge on any atom is 0.124 e. The molecular weight excluding hydrogens is 258 g/mol. The standard InChI is InChI=1S/C19H23NO/c1-15(17-8-4-3-5-9-17)12-20-13-16(2)21-19-11-7-6-10-18(19)14-20/h3-11,15-16H,12-14H2,1-2H3. The van der Waals surface area contributed by atoms with Gasteiger partial charge in [0.1, 0.15) is 11.9 Å². The van der Waals surface area contributed by atoms with Crippen molar-refractivity contribution in [3.63, 3.8) is 0 Å². The van der Waals surface area contributed by atoms with Crippen molar-refractivity contribution in [2.24, 2.45) is 0 Å². The van der Waals surface area contributed by atoms with Gasteiger partial charge in [0.05, 0.1) is 0 Å². The number of para-hydroxylation sites is 1. The second-order valence-corrected chi connectivity index (χ2v) is 6.04. The van der Waals surface area contributed by atoms with Crippen molar-refractivity contribution in [1.29, 1.82) is 0 Å². The van der Waals surface area contributed by atoms with E-state index in [0.29, 0.717) is 5.92 Å². The van der Waals surface area contributed by atoms with Gasteiger partial charge < -0.3 is 4.74 Å². The van der Waals surface area contributed by atoms with Crippen molar-refractivity contribution < 1.29 is 4.74 Å². The van der Waals surface area contributed by atoms with Crippen LogP contribution in [0.1, 0.15) is 30.9 Å². The molecular formula is C19H23NO. The molecule has 0 saturated carbocycles. The Morgan fingerprint density at radius 3 is 2.62 bits per heavy atom. The highest BCUT2D eigenvalue weighted by molar-refractivity contribution is 5.34. The lowest BCUT2D eigenvalue weighted by atomic mass is 10.0. The molecule has 0 saturated heterocycles. The molecule has 0 amide bonds. The zero-order valence-corrected chi connectivity index (χ0v) is 12.8. The molecule has 2 nitrogen and oxygen atoms in total. The van der Waals surface area contributed by atoms with Crippen LogP contribution in [-0.2, 0) is 6.54 Å². The molecule has 0 fully saturated rings. The van der Waals surface area contributed by atoms with E-state index in [2.05, 4.69) is 67.3 Å². The number of fused-ring (bicyclic) bond motifs is 1. The summed E-state index contributed by atoms with van der Waals surface area (Å²) < 4.78 is 6.03. The van der Waals surface area contributed by atoms with E-state index in [1.807, 2.05) is 6.07 Å². The van der Waals surface area contributed by atoms with Crippen LogP contribution in [-0.4, -0.2) is 24.1 Å². The molecule has 2 aromatic rings. The SMILES string of the molecule is CC1CN(CC(C)c2ccccc2)Cc2ccccc2O1. The van der Waals surface area contributed by atoms with E-state index in [1.165, 1.54) is 11.1 Å². The largest absolute Gasteiger partial charge is 0.489 e. The molecule has 0 aliphatic carbocycles. The monoisotopic (exact) mass is 281 g/mol. The average molecular weight is 281 g/mol. The fourth-order valence-electron chi connectivity index (χ4n) is 3.09. The van der Waals surface area contributed by atoms with Gasteiger partial charge in [-0.3, -0.25) is 4.90 Å². The van der Waals surface area contributed by atoms with Crippen LogP contribution in [0.5, 0.6) is 5.75 Å². The lowest BCUT2D eigenvalue weighted by Gasteiger charge is -2.25. The summed E-state index contributed by atoms with van der Waals surface area (Å²) in [5.74, 6) is 1.57. The smallest absolute Gasteiger partial charge is 0.124 e. The second-order valence-electron chi connectivity index (χ2n) is 6.04. The summed E-state index contributed by atoms with van der Waals surface area (Å²) in [6, 6.07) is 19.2. The molecule has 0 spiro atoms. The van der Waals surface area contributed by atoms with Crippen molar-refractivity contribution in [1.82, 2.24) is 4.90 Å². The van der Waals surface area contributed by atoms with E-state index in [-0.39, 0.29) is 6.10 Å². The third-order valence-corrected chi connectivity index (χ3v) is 4.11. The molecule has 2 aromatic carbocycles. The Kier molecular flexibility index (Phi) is 4.26. The molecule has 2 heteroatoms. The minimum Gasteiger partial charge on any atom is -0.489 e. The van der Waals surface area contributed by atoms with Crippen LogP contribution < -0.4 is 4.74 Å². The highest BCUT2D eigenvalue weighted by Crippen LogP contribution is 2.26. The number of nitrogens with zero attached hydrogens (tertiary/aromatic N) is 1. The van der Waals surface area contributed by atoms with E-state index >= 15 is 0 Å². The topological polar surface area (TPSA) is 12.5 Å². The summed E-state index contributed by atoms with van der Waals surface area (Å²) in [6.07, 6.45) is 0.233. The summed E-state index contributed by atoms with van der Waals surface area (Å²) in [4.78, 5) is 2.51. The molecule has 0 aromatic heterocycles. The molecule has 0 radical (unpaired) electrons. The van der Waals surface area contributed by atoms with Crippen LogP contribution in [0.4, 0.5) is 0 Å². The van der Waals surface area contributed by atoms with E-state index < -0.39 is 0 Å². The Morgan fingerprint density at radius 2 is 1.81 bits per heavy atom. The maximum absolute atomic E-state index is 6.03. The number of rotatable bonds is 3. The fourth-order valence-corrected chi connectivity index (χ4v) is 3.09. The lowest BCUT2D eigenvalue weighted by Crippen LogP contribution is -2.33. The third kappa shape index (κ3) is 3.45. The van der Waals surface area contributed by atoms with Gasteiger partial charge in [0.2, 0.25) is 0 Å². The Balaban J connectivity index is 1.74. The summed E-state index contributed by atoms with van der Waals surface area (Å²) in [5.41, 5.74) is 2.70. The van der Waals surface area contributed by atoms with Gasteiger partial charge in [-0.05, 0) is 24.5 Å². The quantitative estimate of drug-likeness (QED) is 0.840. The van der Waals surface area contributed by atoms with Gasteiger partial charge in [-0.15, -0.1) is 0 Å². The summed E-state index contributed by atoms with van der Waals surface area (Å²) in [7, 11) is 0. The lowest BCUT2D eigenvalue weighted by molar-refractivity contribution is 0.157.